The minimum atomic E-state index is -2.28. The van der Waals surface area contributed by atoms with E-state index in [4.69, 9.17) is 9.16 Å². The molecule has 1 fully saturated rings. The molecule has 0 spiro atoms. The van der Waals surface area contributed by atoms with E-state index in [0.29, 0.717) is 12.5 Å². The highest BCUT2D eigenvalue weighted by atomic mass is 28.4. The molecule has 0 heterocycles. The second-order valence-corrected chi connectivity index (χ2v) is 20.4. The predicted molar refractivity (Wildman–Crippen MR) is 122 cm³/mol. The summed E-state index contributed by atoms with van der Waals surface area (Å²) < 4.78 is 11.9. The number of ether oxygens (including phenoxy) is 1. The van der Waals surface area contributed by atoms with Gasteiger partial charge in [0.2, 0.25) is 0 Å². The lowest BCUT2D eigenvalue weighted by molar-refractivity contribution is -0.137. The number of rotatable bonds is 7. The number of carbonyl (C=O) groups is 1. The highest BCUT2D eigenvalue weighted by Gasteiger charge is 2.43. The molecule has 0 aromatic carbocycles. The Morgan fingerprint density at radius 1 is 1.14 bits per heavy atom. The van der Waals surface area contributed by atoms with Gasteiger partial charge in [-0.2, -0.15) is 0 Å². The molecule has 0 radical (unpaired) electrons. The second kappa shape index (κ2) is 9.15. The van der Waals surface area contributed by atoms with E-state index in [1.54, 1.807) is 6.08 Å². The summed E-state index contributed by atoms with van der Waals surface area (Å²) in [5.41, 5.74) is 1.13. The van der Waals surface area contributed by atoms with E-state index in [1.165, 1.54) is 0 Å². The predicted octanol–water partition coefficient (Wildman–Crippen LogP) is 6.03. The Hall–Kier alpha value is -0.436. The topological polar surface area (TPSA) is 55.8 Å². The Balaban J connectivity index is 3.06. The minimum absolute atomic E-state index is 0.0778. The summed E-state index contributed by atoms with van der Waals surface area (Å²) >= 11 is 0. The molecule has 1 aliphatic carbocycles. The van der Waals surface area contributed by atoms with Gasteiger partial charge in [0.05, 0.1) is 6.61 Å². The lowest BCUT2D eigenvalue weighted by Crippen LogP contribution is -2.46. The van der Waals surface area contributed by atoms with Gasteiger partial charge < -0.3 is 14.0 Å². The van der Waals surface area contributed by atoms with Crippen LogP contribution in [0.3, 0.4) is 0 Å². The summed E-state index contributed by atoms with van der Waals surface area (Å²) in [5.74, 6) is 0.165. The van der Waals surface area contributed by atoms with Crippen LogP contribution in [0.25, 0.3) is 0 Å². The van der Waals surface area contributed by atoms with Crippen molar-refractivity contribution < 1.29 is 18.8 Å². The lowest BCUT2D eigenvalue weighted by atomic mass is 9.79. The van der Waals surface area contributed by atoms with Crippen LogP contribution in [0.5, 0.6) is 0 Å². The lowest BCUT2D eigenvalue weighted by Gasteiger charge is -2.44. The van der Waals surface area contributed by atoms with Gasteiger partial charge in [-0.25, -0.2) is 4.79 Å². The molecular formula is C22H44O4Si2. The van der Waals surface area contributed by atoms with E-state index in [1.807, 2.05) is 20.0 Å². The quantitative estimate of drug-likeness (QED) is 0.305. The molecule has 1 aliphatic rings. The average Bonchev–Trinajstić information content (AvgIpc) is 2.43. The third-order valence-electron chi connectivity index (χ3n) is 6.97. The van der Waals surface area contributed by atoms with Gasteiger partial charge in [0.1, 0.15) is 0 Å². The molecule has 0 saturated heterocycles. The Bertz CT molecular complexity index is 530. The normalized spacial score (nSPS) is 23.8. The maximum absolute atomic E-state index is 12.0. The molecular weight excluding hydrogens is 384 g/mol. The molecule has 0 bridgehead atoms. The van der Waals surface area contributed by atoms with Crippen LogP contribution in [0, 0.1) is 5.92 Å². The van der Waals surface area contributed by atoms with Crippen molar-refractivity contribution in [1.82, 2.24) is 0 Å². The zero-order valence-corrected chi connectivity index (χ0v) is 21.9. The molecule has 0 aromatic rings. The highest BCUT2D eigenvalue weighted by molar-refractivity contribution is 6.74. The fourth-order valence-electron chi connectivity index (χ4n) is 3.56. The largest absolute Gasteiger partial charge is 0.463 e. The van der Waals surface area contributed by atoms with Crippen molar-refractivity contribution in [2.45, 2.75) is 110 Å². The van der Waals surface area contributed by atoms with Crippen LogP contribution in [-0.2, 0) is 14.0 Å². The third-order valence-corrected chi connectivity index (χ3v) is 15.0. The summed E-state index contributed by atoms with van der Waals surface area (Å²) in [4.78, 5) is 22.8. The Labute approximate surface area is 175 Å². The van der Waals surface area contributed by atoms with Gasteiger partial charge in [-0.1, -0.05) is 40.2 Å². The Morgan fingerprint density at radius 3 is 2.18 bits per heavy atom. The summed E-state index contributed by atoms with van der Waals surface area (Å²) in [6, 6.07) is 0. The summed E-state index contributed by atoms with van der Waals surface area (Å²) in [7, 11) is -4.16. The van der Waals surface area contributed by atoms with E-state index in [-0.39, 0.29) is 22.1 Å². The SMILES string of the molecule is CCOC(=O)/C=C1\CC(CC(C)(C)[Si](C)(C)O)C[C@H](O[Si](C)(C)C(C)(C)C)C1. The number of carbonyl (C=O) groups excluding carboxylic acids is 1. The molecule has 28 heavy (non-hydrogen) atoms. The van der Waals surface area contributed by atoms with Gasteiger partial charge in [-0.3, -0.25) is 0 Å². The van der Waals surface area contributed by atoms with E-state index in [2.05, 4.69) is 47.7 Å². The molecule has 4 nitrogen and oxygen atoms in total. The molecule has 164 valence electrons. The van der Waals surface area contributed by atoms with Gasteiger partial charge >= 0.3 is 5.97 Å². The molecule has 1 saturated carbocycles. The first-order chi connectivity index (χ1) is 12.5. The smallest absolute Gasteiger partial charge is 0.330 e. The Morgan fingerprint density at radius 2 is 1.71 bits per heavy atom. The molecule has 1 N–H and O–H groups in total. The van der Waals surface area contributed by atoms with E-state index < -0.39 is 16.6 Å². The van der Waals surface area contributed by atoms with Gasteiger partial charge in [0.15, 0.2) is 16.6 Å². The third kappa shape index (κ3) is 7.11. The van der Waals surface area contributed by atoms with Crippen LogP contribution >= 0.6 is 0 Å². The van der Waals surface area contributed by atoms with E-state index >= 15 is 0 Å². The molecule has 0 aliphatic heterocycles. The van der Waals surface area contributed by atoms with Crippen molar-refractivity contribution in [3.05, 3.63) is 11.6 Å². The van der Waals surface area contributed by atoms with Crippen LogP contribution in [0.4, 0.5) is 0 Å². The monoisotopic (exact) mass is 428 g/mol. The van der Waals surface area contributed by atoms with Gasteiger partial charge in [-0.05, 0) is 74.8 Å². The van der Waals surface area contributed by atoms with Crippen LogP contribution in [0.2, 0.25) is 36.3 Å². The fourth-order valence-corrected chi connectivity index (χ4v) is 5.72. The maximum atomic E-state index is 12.0. The molecule has 0 amide bonds. The summed E-state index contributed by atoms with van der Waals surface area (Å²) in [6.07, 6.45) is 5.49. The standard InChI is InChI=1S/C22H44O4Si2/c1-11-25-20(23)15-17-12-18(16-22(5,6)27(7,8)24)14-19(13-17)26-28(9,10)21(2,3)4/h15,18-19,24H,11-14,16H2,1-10H3/b17-15+/t18?,19-/m1/s1. The molecule has 2 atom stereocenters. The van der Waals surface area contributed by atoms with Crippen LogP contribution < -0.4 is 0 Å². The minimum Gasteiger partial charge on any atom is -0.463 e. The fraction of sp³-hybridized carbons (Fsp3) is 0.864. The van der Waals surface area contributed by atoms with Crippen molar-refractivity contribution in [3.8, 4) is 0 Å². The summed E-state index contributed by atoms with van der Waals surface area (Å²) in [6.45, 7) is 22.0. The molecule has 6 heteroatoms. The second-order valence-electron chi connectivity index (χ2n) is 11.2. The highest BCUT2D eigenvalue weighted by Crippen LogP contribution is 2.47. The van der Waals surface area contributed by atoms with Crippen molar-refractivity contribution in [3.63, 3.8) is 0 Å². The Kier molecular flexibility index (Phi) is 8.36. The van der Waals surface area contributed by atoms with Crippen LogP contribution in [0.15, 0.2) is 11.6 Å². The number of hydrogen-bond donors (Lipinski definition) is 1. The first kappa shape index (κ1) is 25.6. The van der Waals surface area contributed by atoms with Crippen molar-refractivity contribution in [1.29, 1.82) is 0 Å². The number of hydrogen-bond acceptors (Lipinski definition) is 4. The zero-order chi connectivity index (χ0) is 22.0. The van der Waals surface area contributed by atoms with Crippen molar-refractivity contribution in [2.24, 2.45) is 5.92 Å². The first-order valence-electron chi connectivity index (χ1n) is 10.7. The zero-order valence-electron chi connectivity index (χ0n) is 19.9. The van der Waals surface area contributed by atoms with Gasteiger partial charge in [0.25, 0.3) is 0 Å². The first-order valence-corrected chi connectivity index (χ1v) is 16.6. The maximum Gasteiger partial charge on any atom is 0.330 e. The molecule has 1 rings (SSSR count). The van der Waals surface area contributed by atoms with Crippen molar-refractivity contribution in [2.75, 3.05) is 6.61 Å². The van der Waals surface area contributed by atoms with Crippen LogP contribution in [0.1, 0.15) is 67.2 Å². The average molecular weight is 429 g/mol. The van der Waals surface area contributed by atoms with E-state index in [9.17, 15) is 9.59 Å². The molecule has 0 aromatic heterocycles. The van der Waals surface area contributed by atoms with Gasteiger partial charge in [0, 0.05) is 12.2 Å². The number of esters is 1. The van der Waals surface area contributed by atoms with Crippen molar-refractivity contribution >= 4 is 22.6 Å². The van der Waals surface area contributed by atoms with Crippen LogP contribution in [-0.4, -0.2) is 40.1 Å². The molecule has 1 unspecified atom stereocenters. The summed E-state index contributed by atoms with van der Waals surface area (Å²) in [5, 5.41) is 0.0792. The van der Waals surface area contributed by atoms with E-state index in [0.717, 1.165) is 31.3 Å². The van der Waals surface area contributed by atoms with Gasteiger partial charge in [-0.15, -0.1) is 0 Å².